The van der Waals surface area contributed by atoms with E-state index in [1.807, 2.05) is 0 Å². The van der Waals surface area contributed by atoms with E-state index in [-0.39, 0.29) is 0 Å². The van der Waals surface area contributed by atoms with Crippen molar-refractivity contribution in [3.63, 3.8) is 0 Å². The molecule has 0 aliphatic heterocycles. The number of hydrogen-bond acceptors (Lipinski definition) is 1. The molecule has 0 bridgehead atoms. The smallest absolute Gasteiger partial charge is 0.0121 e. The van der Waals surface area contributed by atoms with Gasteiger partial charge in [-0.25, -0.2) is 0 Å². The molecule has 3 unspecified atom stereocenters. The fourth-order valence-electron chi connectivity index (χ4n) is 3.23. The van der Waals surface area contributed by atoms with E-state index in [2.05, 4.69) is 19.3 Å². The van der Waals surface area contributed by atoms with Gasteiger partial charge in [-0.15, -0.1) is 0 Å². The van der Waals surface area contributed by atoms with Gasteiger partial charge >= 0.3 is 0 Å². The fraction of sp³-hybridized carbons (Fsp3) is 1.00. The molecule has 0 amide bonds. The lowest BCUT2D eigenvalue weighted by atomic mass is 9.74. The van der Waals surface area contributed by atoms with Crippen LogP contribution in [0.2, 0.25) is 0 Å². The summed E-state index contributed by atoms with van der Waals surface area (Å²) in [5.41, 5.74) is 0. The molecule has 76 valence electrons. The van der Waals surface area contributed by atoms with Crippen molar-refractivity contribution in [2.75, 3.05) is 7.05 Å². The first-order valence-corrected chi connectivity index (χ1v) is 5.98. The lowest BCUT2D eigenvalue weighted by molar-refractivity contribution is 0.180. The van der Waals surface area contributed by atoms with Gasteiger partial charge in [-0.2, -0.15) is 0 Å². The summed E-state index contributed by atoms with van der Waals surface area (Å²) in [7, 11) is 2.16. The molecule has 13 heavy (non-hydrogen) atoms. The SMILES string of the molecule is CNC(C1CCC1)C1CCC(C)C1. The summed E-state index contributed by atoms with van der Waals surface area (Å²) < 4.78 is 0. The molecule has 2 fully saturated rings. The number of rotatable bonds is 3. The largest absolute Gasteiger partial charge is 0.316 e. The van der Waals surface area contributed by atoms with Gasteiger partial charge in [0.25, 0.3) is 0 Å². The molecule has 2 aliphatic carbocycles. The standard InChI is InChI=1S/C12H23N/c1-9-6-7-11(8-9)12(13-2)10-4-3-5-10/h9-13H,3-8H2,1-2H3. The van der Waals surface area contributed by atoms with Gasteiger partial charge in [0.15, 0.2) is 0 Å². The molecule has 0 heterocycles. The van der Waals surface area contributed by atoms with Crippen LogP contribution in [0.3, 0.4) is 0 Å². The molecule has 2 saturated carbocycles. The maximum absolute atomic E-state index is 3.57. The van der Waals surface area contributed by atoms with Crippen molar-refractivity contribution in [2.45, 2.75) is 51.5 Å². The van der Waals surface area contributed by atoms with E-state index in [1.165, 1.54) is 38.5 Å². The minimum Gasteiger partial charge on any atom is -0.316 e. The van der Waals surface area contributed by atoms with Gasteiger partial charge in [-0.3, -0.25) is 0 Å². The summed E-state index contributed by atoms with van der Waals surface area (Å²) in [6, 6.07) is 0.846. The highest BCUT2D eigenvalue weighted by Gasteiger charge is 2.35. The van der Waals surface area contributed by atoms with Crippen molar-refractivity contribution in [1.82, 2.24) is 5.32 Å². The van der Waals surface area contributed by atoms with Gasteiger partial charge in [0.2, 0.25) is 0 Å². The highest BCUT2D eigenvalue weighted by atomic mass is 14.9. The Hall–Kier alpha value is -0.0400. The Labute approximate surface area is 82.3 Å². The summed E-state index contributed by atoms with van der Waals surface area (Å²) in [5.74, 6) is 2.99. The molecule has 0 aromatic heterocycles. The van der Waals surface area contributed by atoms with Crippen LogP contribution >= 0.6 is 0 Å². The van der Waals surface area contributed by atoms with Crippen molar-refractivity contribution in [1.29, 1.82) is 0 Å². The van der Waals surface area contributed by atoms with Gasteiger partial charge in [0, 0.05) is 6.04 Å². The second kappa shape index (κ2) is 4.00. The van der Waals surface area contributed by atoms with Crippen LogP contribution in [0.4, 0.5) is 0 Å². The van der Waals surface area contributed by atoms with Crippen molar-refractivity contribution in [3.05, 3.63) is 0 Å². The number of hydrogen-bond donors (Lipinski definition) is 1. The van der Waals surface area contributed by atoms with Crippen LogP contribution in [-0.2, 0) is 0 Å². The molecule has 1 heteroatoms. The lowest BCUT2D eigenvalue weighted by Gasteiger charge is -2.37. The summed E-state index contributed by atoms with van der Waals surface area (Å²) in [6.07, 6.45) is 8.86. The molecular formula is C12H23N. The van der Waals surface area contributed by atoms with Crippen molar-refractivity contribution in [2.24, 2.45) is 17.8 Å². The van der Waals surface area contributed by atoms with E-state index in [0.717, 1.165) is 23.8 Å². The van der Waals surface area contributed by atoms with Crippen LogP contribution in [-0.4, -0.2) is 13.1 Å². The monoisotopic (exact) mass is 181 g/mol. The second-order valence-electron chi connectivity index (χ2n) is 5.18. The van der Waals surface area contributed by atoms with Gasteiger partial charge < -0.3 is 5.32 Å². The minimum absolute atomic E-state index is 0.846. The Bertz CT molecular complexity index is 163. The third-order valence-corrected chi connectivity index (χ3v) is 4.23. The van der Waals surface area contributed by atoms with Crippen molar-refractivity contribution in [3.8, 4) is 0 Å². The zero-order valence-corrected chi connectivity index (χ0v) is 9.05. The molecule has 0 saturated heterocycles. The summed E-state index contributed by atoms with van der Waals surface area (Å²) in [6.45, 7) is 2.41. The maximum Gasteiger partial charge on any atom is 0.0121 e. The molecule has 0 aromatic carbocycles. The maximum atomic E-state index is 3.57. The van der Waals surface area contributed by atoms with Crippen LogP contribution in [0, 0.1) is 17.8 Å². The molecule has 0 spiro atoms. The highest BCUT2D eigenvalue weighted by Crippen LogP contribution is 2.40. The van der Waals surface area contributed by atoms with Crippen LogP contribution in [0.15, 0.2) is 0 Å². The van der Waals surface area contributed by atoms with Crippen molar-refractivity contribution >= 4 is 0 Å². The predicted molar refractivity (Wildman–Crippen MR) is 56.7 cm³/mol. The van der Waals surface area contributed by atoms with Crippen LogP contribution in [0.25, 0.3) is 0 Å². The second-order valence-corrected chi connectivity index (χ2v) is 5.18. The molecule has 0 aromatic rings. The zero-order valence-electron chi connectivity index (χ0n) is 9.05. The minimum atomic E-state index is 0.846. The average molecular weight is 181 g/mol. The van der Waals surface area contributed by atoms with Crippen LogP contribution in [0.5, 0.6) is 0 Å². The number of nitrogens with one attached hydrogen (secondary N) is 1. The molecule has 2 aliphatic rings. The third kappa shape index (κ3) is 1.90. The molecular weight excluding hydrogens is 158 g/mol. The predicted octanol–water partition coefficient (Wildman–Crippen LogP) is 2.81. The molecule has 1 N–H and O–H groups in total. The Morgan fingerprint density at radius 3 is 2.23 bits per heavy atom. The van der Waals surface area contributed by atoms with E-state index >= 15 is 0 Å². The summed E-state index contributed by atoms with van der Waals surface area (Å²) in [5, 5.41) is 3.57. The summed E-state index contributed by atoms with van der Waals surface area (Å²) >= 11 is 0. The Kier molecular flexibility index (Phi) is 2.92. The third-order valence-electron chi connectivity index (χ3n) is 4.23. The lowest BCUT2D eigenvalue weighted by Crippen LogP contribution is -2.42. The van der Waals surface area contributed by atoms with E-state index in [1.54, 1.807) is 0 Å². The molecule has 1 nitrogen and oxygen atoms in total. The van der Waals surface area contributed by atoms with Gasteiger partial charge in [0.05, 0.1) is 0 Å². The summed E-state index contributed by atoms with van der Waals surface area (Å²) in [4.78, 5) is 0. The van der Waals surface area contributed by atoms with E-state index in [9.17, 15) is 0 Å². The molecule has 2 rings (SSSR count). The quantitative estimate of drug-likeness (QED) is 0.706. The highest BCUT2D eigenvalue weighted by molar-refractivity contribution is 4.90. The fourth-order valence-corrected chi connectivity index (χ4v) is 3.23. The van der Waals surface area contributed by atoms with Gasteiger partial charge in [0.1, 0.15) is 0 Å². The first-order valence-electron chi connectivity index (χ1n) is 5.98. The normalized spacial score (nSPS) is 37.4. The Morgan fingerprint density at radius 1 is 1.08 bits per heavy atom. The van der Waals surface area contributed by atoms with E-state index in [0.29, 0.717) is 0 Å². The van der Waals surface area contributed by atoms with Crippen molar-refractivity contribution < 1.29 is 0 Å². The molecule has 3 atom stereocenters. The topological polar surface area (TPSA) is 12.0 Å². The van der Waals surface area contributed by atoms with Crippen LogP contribution in [0.1, 0.15) is 45.4 Å². The van der Waals surface area contributed by atoms with Crippen LogP contribution < -0.4 is 5.32 Å². The average Bonchev–Trinajstić information content (AvgIpc) is 2.43. The molecule has 0 radical (unpaired) electrons. The van der Waals surface area contributed by atoms with E-state index < -0.39 is 0 Å². The van der Waals surface area contributed by atoms with E-state index in [4.69, 9.17) is 0 Å². The van der Waals surface area contributed by atoms with Gasteiger partial charge in [-0.05, 0) is 50.5 Å². The first kappa shape index (κ1) is 9.51. The zero-order chi connectivity index (χ0) is 9.26. The Morgan fingerprint density at radius 2 is 1.85 bits per heavy atom. The Balaban J connectivity index is 1.88. The van der Waals surface area contributed by atoms with Gasteiger partial charge in [-0.1, -0.05) is 19.8 Å². The first-order chi connectivity index (χ1) is 6.31.